The van der Waals surface area contributed by atoms with Crippen LogP contribution in [0.2, 0.25) is 0 Å². The summed E-state index contributed by atoms with van der Waals surface area (Å²) in [6, 6.07) is -0.627. The number of esters is 1. The molecule has 0 radical (unpaired) electrons. The number of carbonyl (C=O) groups is 2. The number of nitrogens with one attached hydrogen (secondary N) is 1. The van der Waals surface area contributed by atoms with Crippen LogP contribution in [0.1, 0.15) is 470 Å². The fourth-order valence-electron chi connectivity index (χ4n) is 13.2. The van der Waals surface area contributed by atoms with Crippen LogP contribution < -0.4 is 5.32 Å². The molecule has 6 heteroatoms. The lowest BCUT2D eigenvalue weighted by Crippen LogP contribution is -2.45. The van der Waals surface area contributed by atoms with E-state index < -0.39 is 12.1 Å². The summed E-state index contributed by atoms with van der Waals surface area (Å²) < 4.78 is 5.52. The predicted octanol–water partition coefficient (Wildman–Crippen LogP) is 26.7. The summed E-state index contributed by atoms with van der Waals surface area (Å²) >= 11 is 0. The van der Waals surface area contributed by atoms with Gasteiger partial charge >= 0.3 is 5.97 Å². The van der Waals surface area contributed by atoms with Gasteiger partial charge in [-0.05, 0) is 32.1 Å². The summed E-state index contributed by atoms with van der Waals surface area (Å²) in [5, 5.41) is 23.3. The Morgan fingerprint density at radius 1 is 0.310 bits per heavy atom. The van der Waals surface area contributed by atoms with Gasteiger partial charge in [-0.15, -0.1) is 0 Å². The third-order valence-corrected chi connectivity index (χ3v) is 19.3. The standard InChI is InChI=1S/C81H159NO5/c1-3-5-7-9-11-13-15-17-19-21-23-24-25-31-34-38-41-45-49-53-57-61-65-69-73-79(84)78(77-83)82-80(85)74-70-66-62-58-54-50-46-42-39-35-32-29-27-26-28-30-33-36-40-44-48-52-56-60-64-68-72-76-87-81(86)75-71-67-63-59-55-51-47-43-37-22-20-18-16-14-12-10-8-6-4-2/h69,73,78-79,83-84H,3-68,70-72,74-77H2,1-2H3,(H,82,85)/b73-69+. The molecule has 0 aromatic carbocycles. The second kappa shape index (κ2) is 77.1. The molecule has 0 aromatic rings. The predicted molar refractivity (Wildman–Crippen MR) is 384 cm³/mol. The van der Waals surface area contributed by atoms with Crippen molar-refractivity contribution in [2.75, 3.05) is 13.2 Å². The quantitative estimate of drug-likeness (QED) is 0.0320. The lowest BCUT2D eigenvalue weighted by Gasteiger charge is -2.20. The molecular weight excluding hydrogens is 1070 g/mol. The molecule has 0 spiro atoms. The van der Waals surface area contributed by atoms with Crippen LogP contribution in [0.3, 0.4) is 0 Å². The van der Waals surface area contributed by atoms with E-state index in [-0.39, 0.29) is 18.5 Å². The highest BCUT2D eigenvalue weighted by Gasteiger charge is 2.18. The maximum absolute atomic E-state index is 12.6. The Bertz CT molecular complexity index is 1320. The molecule has 2 atom stereocenters. The zero-order valence-corrected chi connectivity index (χ0v) is 59.5. The largest absolute Gasteiger partial charge is 0.466 e. The van der Waals surface area contributed by atoms with Gasteiger partial charge in [0.15, 0.2) is 0 Å². The molecule has 518 valence electrons. The van der Waals surface area contributed by atoms with Gasteiger partial charge in [0.1, 0.15) is 0 Å². The first-order chi connectivity index (χ1) is 43.0. The van der Waals surface area contributed by atoms with Gasteiger partial charge in [0.05, 0.1) is 25.4 Å². The van der Waals surface area contributed by atoms with Gasteiger partial charge in [0.2, 0.25) is 5.91 Å². The number of allylic oxidation sites excluding steroid dienone is 1. The van der Waals surface area contributed by atoms with E-state index in [4.69, 9.17) is 4.74 Å². The van der Waals surface area contributed by atoms with Crippen molar-refractivity contribution < 1.29 is 24.5 Å². The lowest BCUT2D eigenvalue weighted by molar-refractivity contribution is -0.143. The number of carbonyl (C=O) groups excluding carboxylic acids is 2. The molecule has 0 bridgehead atoms. The normalized spacial score (nSPS) is 12.5. The Hall–Kier alpha value is -1.40. The zero-order chi connectivity index (χ0) is 62.8. The molecule has 0 rings (SSSR count). The molecule has 6 nitrogen and oxygen atoms in total. The number of ether oxygens (including phenoxy) is 1. The van der Waals surface area contributed by atoms with Crippen LogP contribution >= 0.6 is 0 Å². The van der Waals surface area contributed by atoms with Gasteiger partial charge in [-0.1, -0.05) is 437 Å². The molecular formula is C81H159NO5. The molecule has 0 aliphatic carbocycles. The first kappa shape index (κ1) is 85.6. The molecule has 0 fully saturated rings. The number of hydrogen-bond donors (Lipinski definition) is 3. The third kappa shape index (κ3) is 73.5. The van der Waals surface area contributed by atoms with Crippen LogP contribution in [0, 0.1) is 0 Å². The molecule has 0 heterocycles. The minimum absolute atomic E-state index is 0.0240. The Morgan fingerprint density at radius 2 is 0.529 bits per heavy atom. The summed E-state index contributed by atoms with van der Waals surface area (Å²) in [6.07, 6.45) is 97.7. The minimum Gasteiger partial charge on any atom is -0.466 e. The van der Waals surface area contributed by atoms with Gasteiger partial charge in [0.25, 0.3) is 0 Å². The Morgan fingerprint density at radius 3 is 0.782 bits per heavy atom. The summed E-state index contributed by atoms with van der Waals surface area (Å²) in [7, 11) is 0. The Kier molecular flexibility index (Phi) is 75.8. The molecule has 3 N–H and O–H groups in total. The van der Waals surface area contributed by atoms with Gasteiger partial charge in [-0.25, -0.2) is 0 Å². The van der Waals surface area contributed by atoms with Crippen molar-refractivity contribution in [3.8, 4) is 0 Å². The Labute approximate surface area is 546 Å². The van der Waals surface area contributed by atoms with Crippen molar-refractivity contribution in [1.29, 1.82) is 0 Å². The molecule has 0 saturated carbocycles. The minimum atomic E-state index is -0.844. The van der Waals surface area contributed by atoms with Gasteiger partial charge in [0, 0.05) is 12.8 Å². The molecule has 0 aliphatic heterocycles. The third-order valence-electron chi connectivity index (χ3n) is 19.3. The lowest BCUT2D eigenvalue weighted by atomic mass is 10.0. The average molecular weight is 1230 g/mol. The summed E-state index contributed by atoms with van der Waals surface area (Å²) in [5.41, 5.74) is 0. The van der Waals surface area contributed by atoms with Crippen LogP contribution in [0.15, 0.2) is 12.2 Å². The van der Waals surface area contributed by atoms with Crippen molar-refractivity contribution in [1.82, 2.24) is 5.32 Å². The van der Waals surface area contributed by atoms with E-state index >= 15 is 0 Å². The highest BCUT2D eigenvalue weighted by Crippen LogP contribution is 2.20. The molecule has 87 heavy (non-hydrogen) atoms. The number of amides is 1. The van der Waals surface area contributed by atoms with Crippen LogP contribution in [0.4, 0.5) is 0 Å². The summed E-state index contributed by atoms with van der Waals surface area (Å²) in [5.74, 6) is -0.0353. The highest BCUT2D eigenvalue weighted by molar-refractivity contribution is 5.76. The smallest absolute Gasteiger partial charge is 0.305 e. The van der Waals surface area contributed by atoms with Crippen molar-refractivity contribution in [2.45, 2.75) is 482 Å². The highest BCUT2D eigenvalue weighted by atomic mass is 16.5. The second-order valence-electron chi connectivity index (χ2n) is 28.1. The van der Waals surface area contributed by atoms with E-state index in [1.165, 1.54) is 405 Å². The van der Waals surface area contributed by atoms with E-state index in [1.807, 2.05) is 6.08 Å². The molecule has 2 unspecified atom stereocenters. The maximum Gasteiger partial charge on any atom is 0.305 e. The van der Waals surface area contributed by atoms with Crippen LogP contribution in [0.5, 0.6) is 0 Å². The van der Waals surface area contributed by atoms with Crippen LogP contribution in [-0.2, 0) is 14.3 Å². The molecule has 0 aliphatic rings. The number of hydrogen-bond acceptors (Lipinski definition) is 5. The SMILES string of the molecule is CCCCCCCCCCCCCCCCCCCCCCCC/C=C/C(O)C(CO)NC(=O)CCCCCCCCCCCCCCCCCCCCCCCCCCCCCOC(=O)CCCCCCCCCCCCCCCCCCCCC. The fourth-order valence-corrected chi connectivity index (χ4v) is 13.2. The van der Waals surface area contributed by atoms with Crippen LogP contribution in [-0.4, -0.2) is 47.4 Å². The van der Waals surface area contributed by atoms with E-state index in [0.717, 1.165) is 38.5 Å². The van der Waals surface area contributed by atoms with Crippen molar-refractivity contribution in [3.63, 3.8) is 0 Å². The first-order valence-corrected chi connectivity index (χ1v) is 40.5. The van der Waals surface area contributed by atoms with E-state index in [2.05, 4.69) is 19.2 Å². The van der Waals surface area contributed by atoms with Gasteiger partial charge in [-0.2, -0.15) is 0 Å². The maximum atomic E-state index is 12.6. The summed E-state index contributed by atoms with van der Waals surface area (Å²) in [4.78, 5) is 24.7. The molecule has 0 saturated heterocycles. The van der Waals surface area contributed by atoms with E-state index in [9.17, 15) is 19.8 Å². The fraction of sp³-hybridized carbons (Fsp3) is 0.951. The summed E-state index contributed by atoms with van der Waals surface area (Å²) in [6.45, 7) is 4.97. The van der Waals surface area contributed by atoms with Crippen molar-refractivity contribution >= 4 is 11.9 Å². The second-order valence-corrected chi connectivity index (χ2v) is 28.1. The van der Waals surface area contributed by atoms with Crippen molar-refractivity contribution in [2.24, 2.45) is 0 Å². The Balaban J connectivity index is 3.35. The average Bonchev–Trinajstić information content (AvgIpc) is 3.53. The monoisotopic (exact) mass is 1230 g/mol. The topological polar surface area (TPSA) is 95.9 Å². The van der Waals surface area contributed by atoms with E-state index in [0.29, 0.717) is 19.4 Å². The van der Waals surface area contributed by atoms with Gasteiger partial charge in [-0.3, -0.25) is 9.59 Å². The number of aliphatic hydroxyl groups is 2. The number of unbranched alkanes of at least 4 members (excludes halogenated alkanes) is 66. The van der Waals surface area contributed by atoms with Gasteiger partial charge < -0.3 is 20.3 Å². The number of rotatable bonds is 77. The zero-order valence-electron chi connectivity index (χ0n) is 59.5. The molecule has 0 aromatic heterocycles. The van der Waals surface area contributed by atoms with E-state index in [1.54, 1.807) is 6.08 Å². The van der Waals surface area contributed by atoms with Crippen LogP contribution in [0.25, 0.3) is 0 Å². The first-order valence-electron chi connectivity index (χ1n) is 40.5. The molecule has 1 amide bonds. The van der Waals surface area contributed by atoms with Crippen molar-refractivity contribution in [3.05, 3.63) is 12.2 Å². The number of aliphatic hydroxyl groups excluding tert-OH is 2.